The molecule has 0 N–H and O–H groups in total. The SMILES string of the molecule is CCOC(=O)CSCCN(CCCc1ccc(F)cc1)C(=O)c1cc(OC)c(C)c(OC)c1. The van der Waals surface area contributed by atoms with Crippen molar-refractivity contribution < 1.29 is 28.2 Å². The molecular formula is C25H32FNO5S. The molecule has 0 bridgehead atoms. The van der Waals surface area contributed by atoms with Crippen LogP contribution in [0.3, 0.4) is 0 Å². The number of carbonyl (C=O) groups is 2. The molecule has 0 saturated carbocycles. The summed E-state index contributed by atoms with van der Waals surface area (Å²) in [6.45, 7) is 5.00. The summed E-state index contributed by atoms with van der Waals surface area (Å²) in [7, 11) is 3.12. The second-order valence-electron chi connectivity index (χ2n) is 7.39. The van der Waals surface area contributed by atoms with Crippen molar-refractivity contribution in [1.82, 2.24) is 4.90 Å². The molecule has 0 aromatic heterocycles. The third-order valence-corrected chi connectivity index (χ3v) is 6.03. The first kappa shape index (κ1) is 26.5. The van der Waals surface area contributed by atoms with E-state index in [9.17, 15) is 14.0 Å². The molecular weight excluding hydrogens is 445 g/mol. The second-order valence-corrected chi connectivity index (χ2v) is 8.49. The van der Waals surface area contributed by atoms with Crippen molar-refractivity contribution >= 4 is 23.6 Å². The van der Waals surface area contributed by atoms with Crippen LogP contribution in [0.1, 0.15) is 34.8 Å². The van der Waals surface area contributed by atoms with Crippen LogP contribution in [0, 0.1) is 12.7 Å². The fourth-order valence-electron chi connectivity index (χ4n) is 3.37. The van der Waals surface area contributed by atoms with Crippen molar-refractivity contribution in [1.29, 1.82) is 0 Å². The molecule has 0 aliphatic carbocycles. The highest BCUT2D eigenvalue weighted by Gasteiger charge is 2.19. The van der Waals surface area contributed by atoms with Gasteiger partial charge in [0.25, 0.3) is 5.91 Å². The van der Waals surface area contributed by atoms with Gasteiger partial charge in [-0.2, -0.15) is 0 Å². The highest BCUT2D eigenvalue weighted by atomic mass is 32.2. The number of esters is 1. The Bertz CT molecular complexity index is 895. The molecule has 1 amide bonds. The van der Waals surface area contributed by atoms with Crippen LogP contribution in [0.5, 0.6) is 11.5 Å². The summed E-state index contributed by atoms with van der Waals surface area (Å²) >= 11 is 1.43. The lowest BCUT2D eigenvalue weighted by molar-refractivity contribution is -0.139. The number of amides is 1. The van der Waals surface area contributed by atoms with Gasteiger partial charge < -0.3 is 19.1 Å². The van der Waals surface area contributed by atoms with E-state index in [4.69, 9.17) is 14.2 Å². The third-order valence-electron chi connectivity index (χ3n) is 5.12. The molecule has 0 atom stereocenters. The smallest absolute Gasteiger partial charge is 0.315 e. The predicted molar refractivity (Wildman–Crippen MR) is 129 cm³/mol. The Morgan fingerprint density at radius 1 is 1.03 bits per heavy atom. The Morgan fingerprint density at radius 2 is 1.67 bits per heavy atom. The summed E-state index contributed by atoms with van der Waals surface area (Å²) in [5.41, 5.74) is 2.31. The van der Waals surface area contributed by atoms with Crippen LogP contribution in [0.4, 0.5) is 4.39 Å². The van der Waals surface area contributed by atoms with Gasteiger partial charge in [-0.25, -0.2) is 4.39 Å². The van der Waals surface area contributed by atoms with Crippen molar-refractivity contribution in [3.05, 3.63) is 58.9 Å². The minimum Gasteiger partial charge on any atom is -0.496 e. The standard InChI is InChI=1S/C25H32FNO5S/c1-5-32-24(28)17-33-14-13-27(12-6-7-19-8-10-21(26)11-9-19)25(29)20-15-22(30-3)18(2)23(16-20)31-4/h8-11,15-16H,5-7,12-14,17H2,1-4H3. The molecule has 33 heavy (non-hydrogen) atoms. The maximum Gasteiger partial charge on any atom is 0.315 e. The Morgan fingerprint density at radius 3 is 2.24 bits per heavy atom. The van der Waals surface area contributed by atoms with E-state index in [1.165, 1.54) is 23.9 Å². The van der Waals surface area contributed by atoms with E-state index in [1.807, 2.05) is 6.92 Å². The Kier molecular flexibility index (Phi) is 11.0. The van der Waals surface area contributed by atoms with Gasteiger partial charge in [0.1, 0.15) is 17.3 Å². The number of benzene rings is 2. The fraction of sp³-hybridized carbons (Fsp3) is 0.440. The topological polar surface area (TPSA) is 65.1 Å². The van der Waals surface area contributed by atoms with Gasteiger partial charge in [0.15, 0.2) is 0 Å². The van der Waals surface area contributed by atoms with Crippen LogP contribution in [-0.4, -0.2) is 62.2 Å². The lowest BCUT2D eigenvalue weighted by Crippen LogP contribution is -2.34. The zero-order valence-electron chi connectivity index (χ0n) is 19.7. The van der Waals surface area contributed by atoms with Gasteiger partial charge >= 0.3 is 5.97 Å². The molecule has 0 unspecified atom stereocenters. The highest BCUT2D eigenvalue weighted by molar-refractivity contribution is 7.99. The molecule has 0 radical (unpaired) electrons. The molecule has 180 valence electrons. The van der Waals surface area contributed by atoms with Crippen molar-refractivity contribution in [2.45, 2.75) is 26.7 Å². The van der Waals surface area contributed by atoms with Gasteiger partial charge in [0, 0.05) is 30.0 Å². The quantitative estimate of drug-likeness (QED) is 0.312. The zero-order chi connectivity index (χ0) is 24.2. The minimum atomic E-state index is -0.267. The molecule has 0 aliphatic rings. The van der Waals surface area contributed by atoms with Gasteiger partial charge in [0.2, 0.25) is 0 Å². The zero-order valence-corrected chi connectivity index (χ0v) is 20.5. The second kappa shape index (κ2) is 13.7. The third kappa shape index (κ3) is 8.28. The van der Waals surface area contributed by atoms with Crippen molar-refractivity contribution in [2.24, 2.45) is 0 Å². The van der Waals surface area contributed by atoms with Gasteiger partial charge in [-0.3, -0.25) is 9.59 Å². The van der Waals surface area contributed by atoms with Crippen LogP contribution < -0.4 is 9.47 Å². The summed E-state index contributed by atoms with van der Waals surface area (Å²) in [5.74, 6) is 1.35. The van der Waals surface area contributed by atoms with Crippen LogP contribution in [0.15, 0.2) is 36.4 Å². The van der Waals surface area contributed by atoms with Crippen LogP contribution in [0.25, 0.3) is 0 Å². The van der Waals surface area contributed by atoms with Gasteiger partial charge in [0.05, 0.1) is 26.6 Å². The van der Waals surface area contributed by atoms with E-state index >= 15 is 0 Å². The van der Waals surface area contributed by atoms with Crippen molar-refractivity contribution in [3.8, 4) is 11.5 Å². The molecule has 0 heterocycles. The van der Waals surface area contributed by atoms with Gasteiger partial charge in [-0.1, -0.05) is 12.1 Å². The van der Waals surface area contributed by atoms with E-state index in [1.54, 1.807) is 50.3 Å². The predicted octanol–water partition coefficient (Wildman–Crippen LogP) is 4.52. The number of rotatable bonds is 13. The lowest BCUT2D eigenvalue weighted by atomic mass is 10.1. The number of hydrogen-bond acceptors (Lipinski definition) is 6. The monoisotopic (exact) mass is 477 g/mol. The number of hydrogen-bond donors (Lipinski definition) is 0. The normalized spacial score (nSPS) is 10.6. The summed E-state index contributed by atoms with van der Waals surface area (Å²) in [6, 6.07) is 9.83. The molecule has 2 aromatic rings. The maximum absolute atomic E-state index is 13.4. The van der Waals surface area contributed by atoms with Crippen LogP contribution in [-0.2, 0) is 16.0 Å². The van der Waals surface area contributed by atoms with Crippen LogP contribution >= 0.6 is 11.8 Å². The molecule has 0 spiro atoms. The average Bonchev–Trinajstić information content (AvgIpc) is 2.81. The molecule has 0 saturated heterocycles. The Balaban J connectivity index is 2.10. The van der Waals surface area contributed by atoms with Crippen LogP contribution in [0.2, 0.25) is 0 Å². The summed E-state index contributed by atoms with van der Waals surface area (Å²) in [5, 5.41) is 0. The van der Waals surface area contributed by atoms with E-state index < -0.39 is 0 Å². The summed E-state index contributed by atoms with van der Waals surface area (Å²) < 4.78 is 28.9. The Hall–Kier alpha value is -2.74. The summed E-state index contributed by atoms with van der Waals surface area (Å²) in [6.07, 6.45) is 1.45. The van der Waals surface area contributed by atoms with E-state index in [2.05, 4.69) is 0 Å². The number of halogens is 1. The minimum absolute atomic E-state index is 0.137. The largest absolute Gasteiger partial charge is 0.496 e. The number of aryl methyl sites for hydroxylation is 1. The molecule has 0 aliphatic heterocycles. The molecule has 6 nitrogen and oxygen atoms in total. The molecule has 0 fully saturated rings. The van der Waals surface area contributed by atoms with Gasteiger partial charge in [-0.15, -0.1) is 11.8 Å². The number of carbonyl (C=O) groups excluding carboxylic acids is 2. The number of ether oxygens (including phenoxy) is 3. The molecule has 2 rings (SSSR count). The molecule has 8 heteroatoms. The van der Waals surface area contributed by atoms with E-state index in [-0.39, 0.29) is 23.4 Å². The van der Waals surface area contributed by atoms with Gasteiger partial charge in [-0.05, 0) is 56.5 Å². The number of thioether (sulfide) groups is 1. The maximum atomic E-state index is 13.4. The van der Waals surface area contributed by atoms with E-state index in [0.29, 0.717) is 42.5 Å². The van der Waals surface area contributed by atoms with Crippen molar-refractivity contribution in [3.63, 3.8) is 0 Å². The fourth-order valence-corrected chi connectivity index (χ4v) is 4.11. The number of nitrogens with zero attached hydrogens (tertiary/aromatic N) is 1. The first-order chi connectivity index (χ1) is 15.9. The average molecular weight is 478 g/mol. The molecule has 2 aromatic carbocycles. The van der Waals surface area contributed by atoms with Crippen molar-refractivity contribution in [2.75, 3.05) is 45.4 Å². The first-order valence-electron chi connectivity index (χ1n) is 10.9. The Labute approximate surface area is 199 Å². The van der Waals surface area contributed by atoms with E-state index in [0.717, 1.165) is 24.0 Å². The lowest BCUT2D eigenvalue weighted by Gasteiger charge is -2.24. The highest BCUT2D eigenvalue weighted by Crippen LogP contribution is 2.30. The summed E-state index contributed by atoms with van der Waals surface area (Å²) in [4.78, 5) is 26.7. The first-order valence-corrected chi connectivity index (χ1v) is 12.0. The number of methoxy groups -OCH3 is 2.